The van der Waals surface area contributed by atoms with Crippen LogP contribution in [0.2, 0.25) is 0 Å². The molecule has 1 fully saturated rings. The van der Waals surface area contributed by atoms with Crippen molar-refractivity contribution in [3.05, 3.63) is 63.2 Å². The SMILES string of the molecule is Cc1cc(C(=O)Nc2nc3ccc(CN4CCOCC4)cc3s2)ccc1[N+](=O)[O-]. The topological polar surface area (TPSA) is 97.6 Å². The molecule has 2 aromatic carbocycles. The van der Waals surface area contributed by atoms with Crippen LogP contribution in [0.1, 0.15) is 21.5 Å². The van der Waals surface area contributed by atoms with E-state index in [2.05, 4.69) is 27.3 Å². The summed E-state index contributed by atoms with van der Waals surface area (Å²) in [5.74, 6) is -0.337. The highest BCUT2D eigenvalue weighted by Crippen LogP contribution is 2.28. The molecule has 1 aliphatic heterocycles. The number of nitro groups is 1. The molecule has 8 nitrogen and oxygen atoms in total. The van der Waals surface area contributed by atoms with E-state index in [-0.39, 0.29) is 11.6 Å². The average Bonchev–Trinajstić information content (AvgIpc) is 3.09. The number of nitro benzene ring substituents is 1. The second-order valence-electron chi connectivity index (χ2n) is 6.92. The van der Waals surface area contributed by atoms with Crippen molar-refractivity contribution in [1.29, 1.82) is 0 Å². The molecule has 0 bridgehead atoms. The molecule has 0 aliphatic carbocycles. The maximum atomic E-state index is 12.5. The molecule has 2 heterocycles. The highest BCUT2D eigenvalue weighted by molar-refractivity contribution is 7.22. The second kappa shape index (κ2) is 8.24. The quantitative estimate of drug-likeness (QED) is 0.508. The summed E-state index contributed by atoms with van der Waals surface area (Å²) in [5.41, 5.74) is 2.83. The Morgan fingerprint density at radius 2 is 2.07 bits per heavy atom. The van der Waals surface area contributed by atoms with Crippen LogP contribution >= 0.6 is 11.3 Å². The lowest BCUT2D eigenvalue weighted by molar-refractivity contribution is -0.385. The van der Waals surface area contributed by atoms with Gasteiger partial charge in [-0.15, -0.1) is 0 Å². The van der Waals surface area contributed by atoms with E-state index in [1.165, 1.54) is 35.1 Å². The van der Waals surface area contributed by atoms with Crippen LogP contribution in [0.5, 0.6) is 0 Å². The first-order valence-electron chi connectivity index (χ1n) is 9.25. The van der Waals surface area contributed by atoms with Crippen LogP contribution in [0, 0.1) is 17.0 Å². The third kappa shape index (κ3) is 4.42. The molecule has 3 aromatic rings. The highest BCUT2D eigenvalue weighted by Gasteiger charge is 2.16. The Kier molecular flexibility index (Phi) is 5.52. The lowest BCUT2D eigenvalue weighted by Crippen LogP contribution is -2.35. The van der Waals surface area contributed by atoms with Crippen molar-refractivity contribution in [2.45, 2.75) is 13.5 Å². The number of nitrogens with zero attached hydrogens (tertiary/aromatic N) is 3. The number of amides is 1. The van der Waals surface area contributed by atoms with Gasteiger partial charge in [0.1, 0.15) is 0 Å². The zero-order valence-electron chi connectivity index (χ0n) is 15.9. The van der Waals surface area contributed by atoms with Gasteiger partial charge in [0.2, 0.25) is 0 Å². The monoisotopic (exact) mass is 412 g/mol. The summed E-state index contributed by atoms with van der Waals surface area (Å²) in [6.07, 6.45) is 0. The number of carbonyl (C=O) groups excluding carboxylic acids is 1. The van der Waals surface area contributed by atoms with Crippen LogP contribution in [-0.4, -0.2) is 47.0 Å². The predicted molar refractivity (Wildman–Crippen MR) is 112 cm³/mol. The van der Waals surface area contributed by atoms with Gasteiger partial charge in [-0.1, -0.05) is 17.4 Å². The summed E-state index contributed by atoms with van der Waals surface area (Å²) in [4.78, 5) is 29.8. The molecule has 0 unspecified atom stereocenters. The molecule has 29 heavy (non-hydrogen) atoms. The molecule has 1 aromatic heterocycles. The van der Waals surface area contributed by atoms with E-state index in [4.69, 9.17) is 4.74 Å². The number of rotatable bonds is 5. The van der Waals surface area contributed by atoms with Crippen molar-refractivity contribution < 1.29 is 14.5 Å². The lowest BCUT2D eigenvalue weighted by atomic mass is 10.1. The minimum atomic E-state index is -0.459. The lowest BCUT2D eigenvalue weighted by Gasteiger charge is -2.26. The smallest absolute Gasteiger partial charge is 0.272 e. The number of morpholine rings is 1. The van der Waals surface area contributed by atoms with E-state index in [0.29, 0.717) is 16.3 Å². The molecule has 4 rings (SSSR count). The molecular formula is C20H20N4O4S. The Morgan fingerprint density at radius 3 is 2.79 bits per heavy atom. The number of aromatic nitrogens is 1. The summed E-state index contributed by atoms with van der Waals surface area (Å²) >= 11 is 1.41. The number of anilines is 1. The fraction of sp³-hybridized carbons (Fsp3) is 0.300. The van der Waals surface area contributed by atoms with Gasteiger partial charge in [0, 0.05) is 36.8 Å². The minimum absolute atomic E-state index is 0.00525. The van der Waals surface area contributed by atoms with Gasteiger partial charge >= 0.3 is 0 Å². The fourth-order valence-corrected chi connectivity index (χ4v) is 4.23. The van der Waals surface area contributed by atoms with E-state index >= 15 is 0 Å². The number of carbonyl (C=O) groups is 1. The number of fused-ring (bicyclic) bond motifs is 1. The molecule has 9 heteroatoms. The normalized spacial score (nSPS) is 14.8. The molecular weight excluding hydrogens is 392 g/mol. The Bertz CT molecular complexity index is 1080. The number of nitrogens with one attached hydrogen (secondary N) is 1. The average molecular weight is 412 g/mol. The van der Waals surface area contributed by atoms with Crippen LogP contribution in [0.4, 0.5) is 10.8 Å². The van der Waals surface area contributed by atoms with Crippen LogP contribution in [0.15, 0.2) is 36.4 Å². The minimum Gasteiger partial charge on any atom is -0.379 e. The Labute approximate surface area is 171 Å². The Morgan fingerprint density at radius 1 is 1.28 bits per heavy atom. The first-order chi connectivity index (χ1) is 14.0. The highest BCUT2D eigenvalue weighted by atomic mass is 32.1. The Hall–Kier alpha value is -2.88. The molecule has 1 N–H and O–H groups in total. The fourth-order valence-electron chi connectivity index (χ4n) is 3.31. The van der Waals surface area contributed by atoms with Gasteiger partial charge in [-0.2, -0.15) is 0 Å². The van der Waals surface area contributed by atoms with Gasteiger partial charge in [0.05, 0.1) is 28.4 Å². The number of thiazole rings is 1. The van der Waals surface area contributed by atoms with Crippen molar-refractivity contribution in [1.82, 2.24) is 9.88 Å². The summed E-state index contributed by atoms with van der Waals surface area (Å²) in [6, 6.07) is 10.4. The molecule has 0 radical (unpaired) electrons. The zero-order valence-corrected chi connectivity index (χ0v) is 16.7. The maximum absolute atomic E-state index is 12.5. The molecule has 150 valence electrons. The molecule has 1 aliphatic rings. The van der Waals surface area contributed by atoms with E-state index in [9.17, 15) is 14.9 Å². The van der Waals surface area contributed by atoms with Gasteiger partial charge in [0.15, 0.2) is 5.13 Å². The van der Waals surface area contributed by atoms with Crippen LogP contribution < -0.4 is 5.32 Å². The summed E-state index contributed by atoms with van der Waals surface area (Å²) in [5, 5.41) is 14.2. The van der Waals surface area contributed by atoms with Crippen molar-refractivity contribution in [2.75, 3.05) is 31.6 Å². The van der Waals surface area contributed by atoms with Gasteiger partial charge in [-0.3, -0.25) is 25.1 Å². The number of benzene rings is 2. The van der Waals surface area contributed by atoms with Gasteiger partial charge in [-0.05, 0) is 36.8 Å². The molecule has 0 spiro atoms. The van der Waals surface area contributed by atoms with Gasteiger partial charge < -0.3 is 4.74 Å². The van der Waals surface area contributed by atoms with E-state index in [1.807, 2.05) is 6.07 Å². The van der Waals surface area contributed by atoms with Crippen molar-refractivity contribution in [3.8, 4) is 0 Å². The third-order valence-corrected chi connectivity index (χ3v) is 5.77. The van der Waals surface area contributed by atoms with Gasteiger partial charge in [0.25, 0.3) is 11.6 Å². The number of aryl methyl sites for hydroxylation is 1. The van der Waals surface area contributed by atoms with Crippen LogP contribution in [0.3, 0.4) is 0 Å². The molecule has 1 amide bonds. The van der Waals surface area contributed by atoms with E-state index in [0.717, 1.165) is 43.1 Å². The first kappa shape index (κ1) is 19.4. The number of ether oxygens (including phenoxy) is 1. The van der Waals surface area contributed by atoms with Crippen LogP contribution in [0.25, 0.3) is 10.2 Å². The maximum Gasteiger partial charge on any atom is 0.272 e. The largest absolute Gasteiger partial charge is 0.379 e. The van der Waals surface area contributed by atoms with Gasteiger partial charge in [-0.25, -0.2) is 4.98 Å². The van der Waals surface area contributed by atoms with Crippen molar-refractivity contribution in [2.24, 2.45) is 0 Å². The Balaban J connectivity index is 1.48. The standard InChI is InChI=1S/C20H20N4O4S/c1-13-10-15(3-5-17(13)24(26)27)19(25)22-20-21-16-4-2-14(11-18(16)29-20)12-23-6-8-28-9-7-23/h2-5,10-11H,6-9,12H2,1H3,(H,21,22,25). The first-order valence-corrected chi connectivity index (χ1v) is 10.1. The van der Waals surface area contributed by atoms with Crippen molar-refractivity contribution >= 4 is 38.3 Å². The van der Waals surface area contributed by atoms with Crippen molar-refractivity contribution in [3.63, 3.8) is 0 Å². The molecule has 0 saturated carbocycles. The number of hydrogen-bond donors (Lipinski definition) is 1. The molecule has 0 atom stereocenters. The summed E-state index contributed by atoms with van der Waals surface area (Å²) < 4.78 is 6.39. The zero-order chi connectivity index (χ0) is 20.4. The predicted octanol–water partition coefficient (Wildman–Crippen LogP) is 3.60. The van der Waals surface area contributed by atoms with E-state index in [1.54, 1.807) is 6.92 Å². The summed E-state index contributed by atoms with van der Waals surface area (Å²) in [6.45, 7) is 5.86. The molecule has 1 saturated heterocycles. The third-order valence-electron chi connectivity index (χ3n) is 4.84. The van der Waals surface area contributed by atoms with E-state index < -0.39 is 4.92 Å². The second-order valence-corrected chi connectivity index (χ2v) is 7.95. The summed E-state index contributed by atoms with van der Waals surface area (Å²) in [7, 11) is 0. The van der Waals surface area contributed by atoms with Crippen LogP contribution in [-0.2, 0) is 11.3 Å². The number of hydrogen-bond acceptors (Lipinski definition) is 7.